The molecule has 2 fully saturated rings. The third-order valence-electron chi connectivity index (χ3n) is 5.35. The molecule has 2 aliphatic rings. The molecule has 0 amide bonds. The number of nitrogens with zero attached hydrogens (tertiary/aromatic N) is 3. The van der Waals surface area contributed by atoms with Gasteiger partial charge in [-0.15, -0.1) is 0 Å². The molecule has 6 heteroatoms. The number of hydrogen-bond acceptors (Lipinski definition) is 5. The van der Waals surface area contributed by atoms with Crippen molar-refractivity contribution in [3.8, 4) is 0 Å². The van der Waals surface area contributed by atoms with Gasteiger partial charge < -0.3 is 4.90 Å². The largest absolute Gasteiger partial charge is 0.300 e. The van der Waals surface area contributed by atoms with Gasteiger partial charge in [-0.25, -0.2) is 8.42 Å². The van der Waals surface area contributed by atoms with Crippen LogP contribution in [0.3, 0.4) is 0 Å². The summed E-state index contributed by atoms with van der Waals surface area (Å²) in [5.74, 6) is 0.627. The molecule has 2 heterocycles. The van der Waals surface area contributed by atoms with E-state index in [9.17, 15) is 8.42 Å². The van der Waals surface area contributed by atoms with E-state index in [0.29, 0.717) is 24.6 Å². The third-order valence-corrected chi connectivity index (χ3v) is 6.96. The Labute approximate surface area is 142 Å². The second-order valence-corrected chi connectivity index (χ2v) is 11.0. The highest BCUT2D eigenvalue weighted by atomic mass is 32.2. The quantitative estimate of drug-likeness (QED) is 0.771. The van der Waals surface area contributed by atoms with E-state index in [0.717, 1.165) is 26.2 Å². The van der Waals surface area contributed by atoms with Gasteiger partial charge in [0.15, 0.2) is 9.84 Å². The van der Waals surface area contributed by atoms with Crippen LogP contribution in [0.4, 0.5) is 0 Å². The monoisotopic (exact) mass is 345 g/mol. The number of hydrogen-bond donors (Lipinski definition) is 0. The zero-order valence-electron chi connectivity index (χ0n) is 15.6. The van der Waals surface area contributed by atoms with Gasteiger partial charge in [0.05, 0.1) is 11.5 Å². The van der Waals surface area contributed by atoms with Gasteiger partial charge in [0.25, 0.3) is 0 Å². The Morgan fingerprint density at radius 3 is 1.96 bits per heavy atom. The predicted octanol–water partition coefficient (Wildman–Crippen LogP) is 1.30. The second-order valence-electron chi connectivity index (χ2n) is 8.74. The minimum atomic E-state index is -2.80. The van der Waals surface area contributed by atoms with Crippen molar-refractivity contribution >= 4 is 9.84 Å². The van der Waals surface area contributed by atoms with Gasteiger partial charge in [0.1, 0.15) is 0 Å². The van der Waals surface area contributed by atoms with Gasteiger partial charge in [0.2, 0.25) is 0 Å². The first-order chi connectivity index (χ1) is 10.5. The van der Waals surface area contributed by atoms with Crippen LogP contribution in [0.5, 0.6) is 0 Å². The molecule has 0 aliphatic carbocycles. The van der Waals surface area contributed by atoms with Crippen molar-refractivity contribution in [3.63, 3.8) is 0 Å². The average Bonchev–Trinajstić information content (AvgIpc) is 2.62. The average molecular weight is 346 g/mol. The highest BCUT2D eigenvalue weighted by molar-refractivity contribution is 7.91. The molecule has 0 radical (unpaired) electrons. The van der Waals surface area contributed by atoms with Crippen LogP contribution in [0.1, 0.15) is 41.0 Å². The van der Waals surface area contributed by atoms with Gasteiger partial charge in [-0.2, -0.15) is 0 Å². The molecule has 2 saturated heterocycles. The lowest BCUT2D eigenvalue weighted by molar-refractivity contribution is 0.0795. The van der Waals surface area contributed by atoms with Gasteiger partial charge in [0, 0.05) is 43.8 Å². The van der Waals surface area contributed by atoms with E-state index < -0.39 is 9.84 Å². The van der Waals surface area contributed by atoms with E-state index >= 15 is 0 Å². The molecular weight excluding hydrogens is 310 g/mol. The van der Waals surface area contributed by atoms with E-state index in [-0.39, 0.29) is 11.1 Å². The Hall–Kier alpha value is -0.170. The van der Waals surface area contributed by atoms with Crippen molar-refractivity contribution in [2.75, 3.05) is 57.3 Å². The van der Waals surface area contributed by atoms with Crippen molar-refractivity contribution in [3.05, 3.63) is 0 Å². The van der Waals surface area contributed by atoms with Crippen molar-refractivity contribution in [1.82, 2.24) is 14.7 Å². The summed E-state index contributed by atoms with van der Waals surface area (Å²) in [6.07, 6.45) is 1.21. The lowest BCUT2D eigenvalue weighted by Crippen LogP contribution is -2.56. The molecule has 0 aromatic rings. The molecule has 0 atom stereocenters. The zero-order chi connectivity index (χ0) is 17.3. The molecule has 5 nitrogen and oxygen atoms in total. The fourth-order valence-electron chi connectivity index (χ4n) is 3.76. The summed E-state index contributed by atoms with van der Waals surface area (Å²) in [5, 5.41) is 0. The zero-order valence-corrected chi connectivity index (χ0v) is 16.5. The second kappa shape index (κ2) is 6.98. The number of rotatable bonds is 3. The van der Waals surface area contributed by atoms with Crippen LogP contribution in [0.25, 0.3) is 0 Å². The van der Waals surface area contributed by atoms with Crippen molar-refractivity contribution < 1.29 is 8.42 Å². The smallest absolute Gasteiger partial charge is 0.152 e. The van der Waals surface area contributed by atoms with Crippen molar-refractivity contribution in [2.24, 2.45) is 0 Å². The highest BCUT2D eigenvalue weighted by Crippen LogP contribution is 2.21. The van der Waals surface area contributed by atoms with Gasteiger partial charge >= 0.3 is 0 Å². The van der Waals surface area contributed by atoms with E-state index in [2.05, 4.69) is 49.3 Å². The maximum atomic E-state index is 11.6. The Balaban J connectivity index is 1.90. The van der Waals surface area contributed by atoms with Crippen molar-refractivity contribution in [2.45, 2.75) is 52.1 Å². The van der Waals surface area contributed by atoms with E-state index in [1.54, 1.807) is 0 Å². The van der Waals surface area contributed by atoms with Crippen LogP contribution in [0.2, 0.25) is 0 Å². The van der Waals surface area contributed by atoms with E-state index in [4.69, 9.17) is 0 Å². The molecule has 0 aromatic heterocycles. The van der Waals surface area contributed by atoms with Crippen LogP contribution in [0, 0.1) is 0 Å². The summed E-state index contributed by atoms with van der Waals surface area (Å²) in [4.78, 5) is 7.50. The molecule has 0 aromatic carbocycles. The molecule has 2 rings (SSSR count). The minimum absolute atomic E-state index is 0.0346. The molecule has 0 bridgehead atoms. The first-order valence-electron chi connectivity index (χ1n) is 8.93. The summed E-state index contributed by atoms with van der Waals surface area (Å²) in [7, 11) is -2.80. The lowest BCUT2D eigenvalue weighted by atomic mass is 10.0. The normalized spacial score (nSPS) is 26.1. The molecule has 0 saturated carbocycles. The molecule has 0 unspecified atom stereocenters. The summed E-state index contributed by atoms with van der Waals surface area (Å²) >= 11 is 0. The predicted molar refractivity (Wildman–Crippen MR) is 96.7 cm³/mol. The molecule has 0 N–H and O–H groups in total. The van der Waals surface area contributed by atoms with Crippen LogP contribution in [-0.4, -0.2) is 91.5 Å². The Morgan fingerprint density at radius 2 is 1.39 bits per heavy atom. The lowest BCUT2D eigenvalue weighted by Gasteiger charge is -2.43. The molecule has 136 valence electrons. The van der Waals surface area contributed by atoms with E-state index in [1.807, 2.05) is 0 Å². The first kappa shape index (κ1) is 19.2. The Kier molecular flexibility index (Phi) is 5.82. The van der Waals surface area contributed by atoms with Crippen LogP contribution < -0.4 is 0 Å². The third kappa shape index (κ3) is 5.41. The van der Waals surface area contributed by atoms with Gasteiger partial charge in [-0.05, 0) is 54.1 Å². The fourth-order valence-corrected chi connectivity index (χ4v) is 4.97. The number of sulfone groups is 1. The van der Waals surface area contributed by atoms with Gasteiger partial charge in [-0.3, -0.25) is 9.80 Å². The first-order valence-corrected chi connectivity index (χ1v) is 10.7. The maximum Gasteiger partial charge on any atom is 0.152 e. The topological polar surface area (TPSA) is 43.9 Å². The van der Waals surface area contributed by atoms with Crippen LogP contribution in [-0.2, 0) is 9.84 Å². The van der Waals surface area contributed by atoms with Crippen LogP contribution in [0.15, 0.2) is 0 Å². The van der Waals surface area contributed by atoms with Gasteiger partial charge in [-0.1, -0.05) is 0 Å². The summed E-state index contributed by atoms with van der Waals surface area (Å²) in [6, 6.07) is 0. The molecular formula is C17H35N3O2S. The Bertz CT molecular complexity index is 482. The maximum absolute atomic E-state index is 11.6. The summed E-state index contributed by atoms with van der Waals surface area (Å²) in [5.41, 5.74) is 0.277. The Morgan fingerprint density at radius 1 is 0.783 bits per heavy atom. The fraction of sp³-hybridized carbons (Fsp3) is 1.00. The molecule has 2 aliphatic heterocycles. The van der Waals surface area contributed by atoms with E-state index in [1.165, 1.54) is 13.0 Å². The molecule has 23 heavy (non-hydrogen) atoms. The minimum Gasteiger partial charge on any atom is -0.300 e. The SMILES string of the molecule is CC(C)(C)N1CCCN(CC(C)(C)N2CCS(=O)(=O)CC2)CC1. The summed E-state index contributed by atoms with van der Waals surface area (Å²) in [6.45, 7) is 18.3. The molecule has 0 spiro atoms. The highest BCUT2D eigenvalue weighted by Gasteiger charge is 2.34. The van der Waals surface area contributed by atoms with Crippen molar-refractivity contribution in [1.29, 1.82) is 0 Å². The van der Waals surface area contributed by atoms with Crippen LogP contribution >= 0.6 is 0 Å². The summed E-state index contributed by atoms with van der Waals surface area (Å²) < 4.78 is 23.3. The standard InChI is InChI=1S/C17H35N3O2S/c1-16(2,3)19-8-6-7-18(9-10-19)15-17(4,5)20-11-13-23(21,22)14-12-20/h6-15H2,1-5H3.